The Morgan fingerprint density at radius 3 is 2.72 bits per heavy atom. The number of benzene rings is 1. The summed E-state index contributed by atoms with van der Waals surface area (Å²) in [5.74, 6) is -1.27. The molecule has 3 atom stereocenters. The van der Waals surface area contributed by atoms with Crippen LogP contribution in [0.25, 0.3) is 10.9 Å². The Labute approximate surface area is 208 Å². The first-order chi connectivity index (χ1) is 17.5. The number of pyridine rings is 1. The van der Waals surface area contributed by atoms with Gasteiger partial charge < -0.3 is 24.9 Å². The Balaban J connectivity index is 1.63. The summed E-state index contributed by atoms with van der Waals surface area (Å²) >= 11 is 0. The molecule has 3 N–H and O–H groups in total. The van der Waals surface area contributed by atoms with Crippen molar-refractivity contribution < 1.29 is 19.1 Å². The van der Waals surface area contributed by atoms with Gasteiger partial charge in [0.1, 0.15) is 11.6 Å². The zero-order valence-corrected chi connectivity index (χ0v) is 20.1. The van der Waals surface area contributed by atoms with Crippen molar-refractivity contribution in [2.45, 2.75) is 38.3 Å². The third-order valence-electron chi connectivity index (χ3n) is 6.33. The lowest BCUT2D eigenvalue weighted by Gasteiger charge is -2.24. The number of H-pyrrole nitrogens is 1. The van der Waals surface area contributed by atoms with E-state index in [0.29, 0.717) is 24.9 Å². The maximum Gasteiger partial charge on any atom is 0.330 e. The van der Waals surface area contributed by atoms with Gasteiger partial charge in [0.15, 0.2) is 0 Å². The van der Waals surface area contributed by atoms with Crippen LogP contribution in [0.3, 0.4) is 0 Å². The molecule has 0 bridgehead atoms. The van der Waals surface area contributed by atoms with Crippen molar-refractivity contribution in [1.29, 1.82) is 0 Å². The van der Waals surface area contributed by atoms with Crippen LogP contribution in [-0.4, -0.2) is 46.5 Å². The number of nitrogens with zero attached hydrogens (tertiary/aromatic N) is 1. The SMILES string of the molecule is CCOC(=O)/C=C/[C@H](C[C@@H]1CCNC1=O)NC(=O)[C@H](Cc1ccccc1)n1ccc2cc[nH]c2c1=O. The third-order valence-corrected chi connectivity index (χ3v) is 6.33. The molecule has 2 aromatic heterocycles. The molecule has 0 radical (unpaired) electrons. The molecule has 9 heteroatoms. The smallest absolute Gasteiger partial charge is 0.330 e. The molecule has 0 unspecified atom stereocenters. The van der Waals surface area contributed by atoms with E-state index in [9.17, 15) is 19.2 Å². The summed E-state index contributed by atoms with van der Waals surface area (Å²) in [5.41, 5.74) is 1.01. The molecule has 1 aliphatic heterocycles. The van der Waals surface area contributed by atoms with Crippen LogP contribution >= 0.6 is 0 Å². The highest BCUT2D eigenvalue weighted by Gasteiger charge is 2.29. The van der Waals surface area contributed by atoms with Gasteiger partial charge in [0.05, 0.1) is 6.61 Å². The van der Waals surface area contributed by atoms with Crippen LogP contribution in [-0.2, 0) is 25.5 Å². The van der Waals surface area contributed by atoms with Gasteiger partial charge in [-0.25, -0.2) is 4.79 Å². The lowest BCUT2D eigenvalue weighted by molar-refractivity contribution is -0.137. The monoisotopic (exact) mass is 490 g/mol. The van der Waals surface area contributed by atoms with Crippen LogP contribution in [0, 0.1) is 5.92 Å². The molecule has 1 aromatic carbocycles. The van der Waals surface area contributed by atoms with Crippen LogP contribution in [0.4, 0.5) is 0 Å². The minimum Gasteiger partial charge on any atom is -0.463 e. The van der Waals surface area contributed by atoms with E-state index in [-0.39, 0.29) is 36.3 Å². The van der Waals surface area contributed by atoms with Gasteiger partial charge >= 0.3 is 5.97 Å². The average Bonchev–Trinajstić information content (AvgIpc) is 3.52. The quantitative estimate of drug-likeness (QED) is 0.297. The average molecular weight is 491 g/mol. The first kappa shape index (κ1) is 25.0. The van der Waals surface area contributed by atoms with Crippen molar-refractivity contribution in [3.63, 3.8) is 0 Å². The summed E-state index contributed by atoms with van der Waals surface area (Å²) in [7, 11) is 0. The van der Waals surface area contributed by atoms with E-state index >= 15 is 0 Å². The fourth-order valence-electron chi connectivity index (χ4n) is 4.49. The van der Waals surface area contributed by atoms with Crippen molar-refractivity contribution >= 4 is 28.7 Å². The Hall–Kier alpha value is -4.14. The van der Waals surface area contributed by atoms with Gasteiger partial charge in [-0.2, -0.15) is 0 Å². The van der Waals surface area contributed by atoms with E-state index in [0.717, 1.165) is 10.9 Å². The second-order valence-electron chi connectivity index (χ2n) is 8.78. The number of carbonyl (C=O) groups is 3. The maximum absolute atomic E-state index is 13.7. The van der Waals surface area contributed by atoms with E-state index < -0.39 is 18.1 Å². The second-order valence-corrected chi connectivity index (χ2v) is 8.78. The molecular weight excluding hydrogens is 460 g/mol. The molecule has 1 aliphatic rings. The molecule has 4 rings (SSSR count). The van der Waals surface area contributed by atoms with Crippen molar-refractivity contribution in [3.8, 4) is 0 Å². The number of rotatable bonds is 10. The summed E-state index contributed by atoms with van der Waals surface area (Å²) in [6.45, 7) is 2.52. The van der Waals surface area contributed by atoms with Crippen LogP contribution in [0.5, 0.6) is 0 Å². The number of hydrogen-bond donors (Lipinski definition) is 3. The lowest BCUT2D eigenvalue weighted by Crippen LogP contribution is -2.43. The fourth-order valence-corrected chi connectivity index (χ4v) is 4.49. The van der Waals surface area contributed by atoms with E-state index in [1.165, 1.54) is 10.6 Å². The number of aromatic nitrogens is 2. The van der Waals surface area contributed by atoms with Crippen molar-refractivity contribution in [2.24, 2.45) is 5.92 Å². The molecule has 9 nitrogen and oxygen atoms in total. The number of carbonyl (C=O) groups excluding carboxylic acids is 3. The lowest BCUT2D eigenvalue weighted by atomic mass is 9.97. The van der Waals surface area contributed by atoms with Gasteiger partial charge in [-0.05, 0) is 37.5 Å². The van der Waals surface area contributed by atoms with E-state index in [4.69, 9.17) is 4.74 Å². The summed E-state index contributed by atoms with van der Waals surface area (Å²) in [6.07, 6.45) is 7.40. The topological polar surface area (TPSA) is 122 Å². The summed E-state index contributed by atoms with van der Waals surface area (Å²) in [5, 5.41) is 6.53. The van der Waals surface area contributed by atoms with Crippen LogP contribution < -0.4 is 16.2 Å². The van der Waals surface area contributed by atoms with E-state index in [1.54, 1.807) is 37.5 Å². The van der Waals surface area contributed by atoms with Gasteiger partial charge in [0, 0.05) is 48.8 Å². The van der Waals surface area contributed by atoms with E-state index in [1.807, 2.05) is 30.3 Å². The molecule has 188 valence electrons. The molecule has 3 aromatic rings. The zero-order chi connectivity index (χ0) is 25.5. The Kier molecular flexibility index (Phi) is 7.99. The van der Waals surface area contributed by atoms with Gasteiger partial charge in [0.25, 0.3) is 5.56 Å². The standard InChI is InChI=1S/C27H30N4O5/c1-2-36-23(32)9-8-21(17-20-11-14-29-25(20)33)30-26(34)22(16-18-6-4-3-5-7-18)31-15-12-19-10-13-28-24(19)27(31)35/h3-10,12-13,15,20-22,28H,2,11,14,16-17H2,1H3,(H,29,33)(H,30,34)/b9-8+/t20-,21+,22-/m0/s1. The Bertz CT molecular complexity index is 1310. The fraction of sp³-hybridized carbons (Fsp3) is 0.333. The third kappa shape index (κ3) is 5.91. The van der Waals surface area contributed by atoms with Crippen LogP contribution in [0.15, 0.2) is 71.8 Å². The number of fused-ring (bicyclic) bond motifs is 1. The summed E-state index contributed by atoms with van der Waals surface area (Å²) < 4.78 is 6.39. The number of nitrogens with one attached hydrogen (secondary N) is 3. The number of esters is 1. The molecule has 36 heavy (non-hydrogen) atoms. The molecular formula is C27H30N4O5. The number of ether oxygens (including phenoxy) is 1. The van der Waals surface area contributed by atoms with Crippen molar-refractivity contribution in [1.82, 2.24) is 20.2 Å². The molecule has 2 amide bonds. The van der Waals surface area contributed by atoms with Gasteiger partial charge in [-0.1, -0.05) is 36.4 Å². The number of hydrogen-bond acceptors (Lipinski definition) is 5. The summed E-state index contributed by atoms with van der Waals surface area (Å²) in [4.78, 5) is 54.0. The second kappa shape index (κ2) is 11.5. The minimum absolute atomic E-state index is 0.0759. The molecule has 0 aliphatic carbocycles. The van der Waals surface area contributed by atoms with Gasteiger partial charge in [0.2, 0.25) is 11.8 Å². The Morgan fingerprint density at radius 1 is 1.19 bits per heavy atom. The first-order valence-corrected chi connectivity index (χ1v) is 12.1. The first-order valence-electron chi connectivity index (χ1n) is 12.1. The maximum atomic E-state index is 13.7. The number of amides is 2. The molecule has 1 fully saturated rings. The molecule has 0 saturated carbocycles. The van der Waals surface area contributed by atoms with Gasteiger partial charge in [-0.3, -0.25) is 14.4 Å². The number of aromatic amines is 1. The largest absolute Gasteiger partial charge is 0.463 e. The van der Waals surface area contributed by atoms with Crippen molar-refractivity contribution in [3.05, 3.63) is 82.9 Å². The van der Waals surface area contributed by atoms with Crippen LogP contribution in [0.1, 0.15) is 31.4 Å². The molecule has 3 heterocycles. The molecule has 0 spiro atoms. The highest BCUT2D eigenvalue weighted by Crippen LogP contribution is 2.20. The van der Waals surface area contributed by atoms with Gasteiger partial charge in [-0.15, -0.1) is 0 Å². The van der Waals surface area contributed by atoms with E-state index in [2.05, 4.69) is 15.6 Å². The van der Waals surface area contributed by atoms with Crippen molar-refractivity contribution in [2.75, 3.05) is 13.2 Å². The van der Waals surface area contributed by atoms with Crippen LogP contribution in [0.2, 0.25) is 0 Å². The normalized spacial score (nSPS) is 17.1. The predicted molar refractivity (Wildman–Crippen MR) is 135 cm³/mol. The zero-order valence-electron chi connectivity index (χ0n) is 20.1. The molecule has 1 saturated heterocycles. The highest BCUT2D eigenvalue weighted by atomic mass is 16.5. The predicted octanol–water partition coefficient (Wildman–Crippen LogP) is 2.24. The summed E-state index contributed by atoms with van der Waals surface area (Å²) in [6, 6.07) is 11.6. The Morgan fingerprint density at radius 2 is 2.00 bits per heavy atom. The minimum atomic E-state index is -0.844. The highest BCUT2D eigenvalue weighted by molar-refractivity contribution is 5.85.